The highest BCUT2D eigenvalue weighted by molar-refractivity contribution is 6.00. The number of nitrogens with one attached hydrogen (secondary N) is 2. The largest absolute Gasteiger partial charge is 0.458 e. The van der Waals surface area contributed by atoms with E-state index in [9.17, 15) is 24.3 Å². The Labute approximate surface area is 311 Å². The molecule has 3 N–H and O–H groups in total. The lowest BCUT2D eigenvalue weighted by atomic mass is 9.76. The summed E-state index contributed by atoms with van der Waals surface area (Å²) in [6.45, 7) is 17.4. The first-order valence-corrected chi connectivity index (χ1v) is 19.1. The van der Waals surface area contributed by atoms with Crippen LogP contribution in [0.15, 0.2) is 0 Å². The van der Waals surface area contributed by atoms with Crippen LogP contribution in [0.1, 0.15) is 94.4 Å². The van der Waals surface area contributed by atoms with Crippen LogP contribution in [-0.4, -0.2) is 140 Å². The minimum absolute atomic E-state index is 0.0208. The number of ketones is 1. The number of methoxy groups -OCH3 is 1. The summed E-state index contributed by atoms with van der Waals surface area (Å²) in [5, 5.41) is 17.6. The third-order valence-electron chi connectivity index (χ3n) is 11.9. The third kappa shape index (κ3) is 10.2. The van der Waals surface area contributed by atoms with Crippen LogP contribution in [0.3, 0.4) is 0 Å². The molecule has 13 atom stereocenters. The number of likely N-dealkylation sites (N-methyl/N-ethyl adjacent to an activating group) is 2. The van der Waals surface area contributed by atoms with Crippen LogP contribution in [0.5, 0.6) is 0 Å². The molecule has 0 bridgehead atoms. The molecule has 3 aliphatic rings. The summed E-state index contributed by atoms with van der Waals surface area (Å²) < 4.78 is 31.1. The molecular formula is C38H68N4O10. The standard InChI is InChI=1S/C38H68N4O10/c1-14-28-38(9)32(40-36(47)52-38)23(5)16-15-22(4)18-37(8,48-13)33(24(6)30(44)25(7)34(46)50-28)51-35-31(45)27(41(10)11)17-26(49-35)19-39-29(43)20-42(12)21(2)3/h21-28,31-33,35,45H,14-20H2,1-13H3,(H,39,43)(H,40,47)/t22-,23-,24-,25?,26?,27?,28+,31?,32+,33+,35-,37+,38+/m0/s1. The van der Waals surface area contributed by atoms with Crippen molar-refractivity contribution in [2.45, 2.75) is 154 Å². The first-order valence-electron chi connectivity index (χ1n) is 19.1. The third-order valence-corrected chi connectivity index (χ3v) is 11.9. The van der Waals surface area contributed by atoms with Gasteiger partial charge >= 0.3 is 12.1 Å². The van der Waals surface area contributed by atoms with Crippen molar-refractivity contribution in [3.8, 4) is 0 Å². The molecule has 0 aromatic heterocycles. The van der Waals surface area contributed by atoms with Gasteiger partial charge in [-0.1, -0.05) is 34.1 Å². The molecule has 0 radical (unpaired) electrons. The van der Waals surface area contributed by atoms with Crippen molar-refractivity contribution in [3.05, 3.63) is 0 Å². The van der Waals surface area contributed by atoms with Crippen LogP contribution in [0.4, 0.5) is 4.79 Å². The van der Waals surface area contributed by atoms with Gasteiger partial charge < -0.3 is 44.3 Å². The van der Waals surface area contributed by atoms with E-state index in [4.69, 9.17) is 23.7 Å². The summed E-state index contributed by atoms with van der Waals surface area (Å²) in [5.74, 6) is -3.28. The number of hydrogen-bond acceptors (Lipinski definition) is 12. The van der Waals surface area contributed by atoms with E-state index in [1.807, 2.05) is 58.6 Å². The molecule has 300 valence electrons. The Kier molecular flexibility index (Phi) is 15.5. The second-order valence-electron chi connectivity index (χ2n) is 16.6. The van der Waals surface area contributed by atoms with E-state index in [0.29, 0.717) is 19.3 Å². The van der Waals surface area contributed by atoms with Crippen molar-refractivity contribution in [1.29, 1.82) is 0 Å². The molecule has 0 aliphatic carbocycles. The molecule has 0 aromatic rings. The minimum atomic E-state index is -1.18. The molecule has 3 heterocycles. The minimum Gasteiger partial charge on any atom is -0.458 e. The molecule has 3 rings (SSSR count). The first-order chi connectivity index (χ1) is 24.2. The number of aliphatic hydroxyl groups is 1. The molecule has 0 spiro atoms. The van der Waals surface area contributed by atoms with Crippen LogP contribution in [0, 0.1) is 23.7 Å². The summed E-state index contributed by atoms with van der Waals surface area (Å²) >= 11 is 0. The predicted molar refractivity (Wildman–Crippen MR) is 195 cm³/mol. The normalized spacial score (nSPS) is 39.7. The van der Waals surface area contributed by atoms with Crippen LogP contribution in [0.25, 0.3) is 0 Å². The molecule has 3 aliphatic heterocycles. The average molecular weight is 741 g/mol. The number of ether oxygens (including phenoxy) is 5. The number of esters is 1. The van der Waals surface area contributed by atoms with Gasteiger partial charge in [0.15, 0.2) is 17.7 Å². The molecule has 3 saturated heterocycles. The number of rotatable bonds is 10. The number of carbonyl (C=O) groups is 4. The van der Waals surface area contributed by atoms with Crippen molar-refractivity contribution in [3.63, 3.8) is 0 Å². The Hall–Kier alpha value is -2.36. The fraction of sp³-hybridized carbons (Fsp3) is 0.895. The molecule has 3 fully saturated rings. The van der Waals surface area contributed by atoms with Crippen molar-refractivity contribution in [1.82, 2.24) is 20.4 Å². The average Bonchev–Trinajstić information content (AvgIpc) is 3.40. The maximum Gasteiger partial charge on any atom is 0.408 e. The monoisotopic (exact) mass is 740 g/mol. The number of fused-ring (bicyclic) bond motifs is 1. The van der Waals surface area contributed by atoms with Crippen LogP contribution >= 0.6 is 0 Å². The molecule has 14 nitrogen and oxygen atoms in total. The SMILES string of the molecule is CC[C@H]1OC(=O)C(C)C(=O)[C@H](C)[C@@H](O[C@@H]2OC(CNC(=O)CN(C)C(C)C)CC(N(C)C)C2O)[C@](C)(OC)C[C@@H](C)CC[C@H](C)[C@H]2NC(=O)O[C@@]21C. The summed E-state index contributed by atoms with van der Waals surface area (Å²) in [4.78, 5) is 57.1. The van der Waals surface area contributed by atoms with Crippen molar-refractivity contribution < 1.29 is 48.0 Å². The van der Waals surface area contributed by atoms with Crippen molar-refractivity contribution in [2.75, 3.05) is 41.3 Å². The highest BCUT2D eigenvalue weighted by Crippen LogP contribution is 2.40. The van der Waals surface area contributed by atoms with Gasteiger partial charge in [-0.2, -0.15) is 0 Å². The van der Waals surface area contributed by atoms with Crippen molar-refractivity contribution >= 4 is 23.8 Å². The van der Waals surface area contributed by atoms with Gasteiger partial charge in [0.1, 0.15) is 18.1 Å². The van der Waals surface area contributed by atoms with Gasteiger partial charge in [-0.15, -0.1) is 0 Å². The van der Waals surface area contributed by atoms with Gasteiger partial charge in [0.25, 0.3) is 0 Å². The zero-order chi connectivity index (χ0) is 39.3. The van der Waals surface area contributed by atoms with Crippen LogP contribution < -0.4 is 10.6 Å². The lowest BCUT2D eigenvalue weighted by Crippen LogP contribution is -2.60. The lowest BCUT2D eigenvalue weighted by Gasteiger charge is -2.47. The zero-order valence-electron chi connectivity index (χ0n) is 33.9. The zero-order valence-corrected chi connectivity index (χ0v) is 33.9. The maximum absolute atomic E-state index is 14.3. The smallest absolute Gasteiger partial charge is 0.408 e. The molecule has 2 amide bonds. The van der Waals surface area contributed by atoms with E-state index in [2.05, 4.69) is 24.5 Å². The van der Waals surface area contributed by atoms with Gasteiger partial charge in [-0.3, -0.25) is 19.3 Å². The number of carbonyl (C=O) groups excluding carboxylic acids is 4. The van der Waals surface area contributed by atoms with Gasteiger partial charge in [0, 0.05) is 31.7 Å². The summed E-state index contributed by atoms with van der Waals surface area (Å²) in [5.41, 5.74) is -2.17. The van der Waals surface area contributed by atoms with Gasteiger partial charge in [-0.05, 0) is 93.3 Å². The second kappa shape index (κ2) is 18.3. The van der Waals surface area contributed by atoms with Crippen LogP contribution in [0.2, 0.25) is 0 Å². The molecular weight excluding hydrogens is 672 g/mol. The first kappa shape index (κ1) is 44.0. The number of nitrogens with zero attached hydrogens (tertiary/aromatic N) is 2. The Morgan fingerprint density at radius 2 is 1.75 bits per heavy atom. The quantitative estimate of drug-likeness (QED) is 0.222. The molecule has 52 heavy (non-hydrogen) atoms. The van der Waals surface area contributed by atoms with Crippen LogP contribution in [-0.2, 0) is 38.1 Å². The molecule has 4 unspecified atom stereocenters. The number of aliphatic hydroxyl groups excluding tert-OH is 1. The predicted octanol–water partition coefficient (Wildman–Crippen LogP) is 3.13. The maximum atomic E-state index is 14.3. The Bertz CT molecular complexity index is 1240. The topological polar surface area (TPSA) is 165 Å². The van der Waals surface area contributed by atoms with Crippen molar-refractivity contribution in [2.24, 2.45) is 23.7 Å². The highest BCUT2D eigenvalue weighted by Gasteiger charge is 2.55. The lowest BCUT2D eigenvalue weighted by molar-refractivity contribution is -0.297. The number of cyclic esters (lactones) is 1. The van der Waals surface area contributed by atoms with E-state index < -0.39 is 77.6 Å². The Morgan fingerprint density at radius 3 is 2.33 bits per heavy atom. The van der Waals surface area contributed by atoms with E-state index in [1.165, 1.54) is 6.92 Å². The Balaban J connectivity index is 1.97. The Morgan fingerprint density at radius 1 is 1.10 bits per heavy atom. The van der Waals surface area contributed by atoms with E-state index >= 15 is 0 Å². The molecule has 14 heteroatoms. The highest BCUT2D eigenvalue weighted by atomic mass is 16.7. The summed E-state index contributed by atoms with van der Waals surface area (Å²) in [6, 6.07) is -0.576. The van der Waals surface area contributed by atoms with E-state index in [-0.39, 0.29) is 42.9 Å². The van der Waals surface area contributed by atoms with E-state index in [1.54, 1.807) is 21.0 Å². The number of Topliss-reactive ketones (excluding diaryl/α,β-unsaturated/α-hetero) is 1. The molecule has 0 saturated carbocycles. The second-order valence-corrected chi connectivity index (χ2v) is 16.6. The molecule has 0 aromatic carbocycles. The summed E-state index contributed by atoms with van der Waals surface area (Å²) in [7, 11) is 7.19. The van der Waals surface area contributed by atoms with Gasteiger partial charge in [0.2, 0.25) is 5.91 Å². The van der Waals surface area contributed by atoms with E-state index in [0.717, 1.165) is 12.8 Å². The van der Waals surface area contributed by atoms with Gasteiger partial charge in [0.05, 0.1) is 30.4 Å². The number of amides is 2. The number of hydrogen-bond donors (Lipinski definition) is 3. The summed E-state index contributed by atoms with van der Waals surface area (Å²) in [6.07, 6.45) is -2.21. The fourth-order valence-corrected chi connectivity index (χ4v) is 8.17. The van der Waals surface area contributed by atoms with Gasteiger partial charge in [-0.25, -0.2) is 4.79 Å². The fourth-order valence-electron chi connectivity index (χ4n) is 8.17. The number of alkyl carbamates (subject to hydrolysis) is 1.